The van der Waals surface area contributed by atoms with Gasteiger partial charge in [-0.3, -0.25) is 4.79 Å². The highest BCUT2D eigenvalue weighted by atomic mass is 32.2. The molecule has 1 amide bonds. The van der Waals surface area contributed by atoms with Crippen molar-refractivity contribution in [3.8, 4) is 0 Å². The van der Waals surface area contributed by atoms with Crippen LogP contribution in [0.4, 0.5) is 0 Å². The van der Waals surface area contributed by atoms with Gasteiger partial charge in [-0.2, -0.15) is 4.31 Å². The highest BCUT2D eigenvalue weighted by molar-refractivity contribution is 7.89. The molecule has 0 spiro atoms. The van der Waals surface area contributed by atoms with Gasteiger partial charge >= 0.3 is 0 Å². The number of hydrogen-bond donors (Lipinski definition) is 0. The molecule has 120 valence electrons. The third-order valence-corrected chi connectivity index (χ3v) is 6.77. The number of hydrogen-bond acceptors (Lipinski definition) is 3. The van der Waals surface area contributed by atoms with Crippen molar-refractivity contribution < 1.29 is 13.2 Å². The van der Waals surface area contributed by atoms with E-state index in [0.29, 0.717) is 31.1 Å². The third kappa shape index (κ3) is 2.77. The summed E-state index contributed by atoms with van der Waals surface area (Å²) in [6.07, 6.45) is 3.11. The molecule has 1 aliphatic carbocycles. The van der Waals surface area contributed by atoms with Crippen LogP contribution in [0.3, 0.4) is 0 Å². The predicted molar refractivity (Wildman–Crippen MR) is 83.9 cm³/mol. The van der Waals surface area contributed by atoms with Crippen LogP contribution in [0.2, 0.25) is 0 Å². The Bertz CT molecular complexity index is 660. The van der Waals surface area contributed by atoms with Gasteiger partial charge < -0.3 is 4.90 Å². The molecule has 1 aliphatic heterocycles. The Hall–Kier alpha value is -1.40. The Morgan fingerprint density at radius 1 is 1.09 bits per heavy atom. The molecule has 1 aromatic rings. The molecule has 2 fully saturated rings. The summed E-state index contributed by atoms with van der Waals surface area (Å²) in [5.41, 5.74) is 0.760. The van der Waals surface area contributed by atoms with Crippen LogP contribution >= 0.6 is 0 Å². The zero-order chi connectivity index (χ0) is 15.7. The Morgan fingerprint density at radius 2 is 1.73 bits per heavy atom. The Morgan fingerprint density at radius 3 is 2.27 bits per heavy atom. The van der Waals surface area contributed by atoms with Crippen LogP contribution in [0.15, 0.2) is 29.2 Å². The Balaban J connectivity index is 1.68. The van der Waals surface area contributed by atoms with Gasteiger partial charge in [0.2, 0.25) is 15.9 Å². The average molecular weight is 322 g/mol. The molecule has 6 heteroatoms. The van der Waals surface area contributed by atoms with Gasteiger partial charge in [0.25, 0.3) is 0 Å². The first kappa shape index (κ1) is 15.5. The molecule has 22 heavy (non-hydrogen) atoms. The van der Waals surface area contributed by atoms with Crippen molar-refractivity contribution in [3.05, 3.63) is 29.8 Å². The minimum atomic E-state index is -3.46. The molecule has 1 saturated carbocycles. The number of benzene rings is 1. The second-order valence-corrected chi connectivity index (χ2v) is 8.03. The van der Waals surface area contributed by atoms with Crippen molar-refractivity contribution in [1.82, 2.24) is 9.21 Å². The van der Waals surface area contributed by atoms with Gasteiger partial charge in [0.1, 0.15) is 0 Å². The summed E-state index contributed by atoms with van der Waals surface area (Å²) in [5, 5.41) is 0. The number of carbonyl (C=O) groups is 1. The molecule has 2 aliphatic rings. The molecule has 0 aromatic heterocycles. The van der Waals surface area contributed by atoms with E-state index < -0.39 is 10.0 Å². The average Bonchev–Trinajstić information content (AvgIpc) is 2.46. The first-order valence-electron chi connectivity index (χ1n) is 7.85. The van der Waals surface area contributed by atoms with E-state index in [9.17, 15) is 13.2 Å². The number of nitrogens with zero attached hydrogens (tertiary/aromatic N) is 2. The van der Waals surface area contributed by atoms with Crippen molar-refractivity contribution in [1.29, 1.82) is 0 Å². The summed E-state index contributed by atoms with van der Waals surface area (Å²) in [4.78, 5) is 14.4. The molecule has 0 atom stereocenters. The minimum Gasteiger partial charge on any atom is -0.340 e. The zero-order valence-electron chi connectivity index (χ0n) is 12.9. The van der Waals surface area contributed by atoms with Gasteiger partial charge in [0.05, 0.1) is 4.90 Å². The molecule has 1 aromatic carbocycles. The fourth-order valence-corrected chi connectivity index (χ4v) is 4.69. The molecule has 0 N–H and O–H groups in total. The SMILES string of the molecule is Cc1ccccc1S(=O)(=O)N1CCN(C(=O)C2CCC2)CC1. The van der Waals surface area contributed by atoms with Crippen LogP contribution in [0.5, 0.6) is 0 Å². The lowest BCUT2D eigenvalue weighted by molar-refractivity contribution is -0.139. The topological polar surface area (TPSA) is 57.7 Å². The number of sulfonamides is 1. The summed E-state index contributed by atoms with van der Waals surface area (Å²) in [6.45, 7) is 3.58. The number of rotatable bonds is 3. The Labute approximate surface area is 132 Å². The van der Waals surface area contributed by atoms with E-state index in [-0.39, 0.29) is 11.8 Å². The van der Waals surface area contributed by atoms with Crippen LogP contribution in [0.1, 0.15) is 24.8 Å². The van der Waals surface area contributed by atoms with Crippen molar-refractivity contribution in [2.75, 3.05) is 26.2 Å². The van der Waals surface area contributed by atoms with Crippen molar-refractivity contribution in [3.63, 3.8) is 0 Å². The molecular weight excluding hydrogens is 300 g/mol. The number of carbonyl (C=O) groups excluding carboxylic acids is 1. The predicted octanol–water partition coefficient (Wildman–Crippen LogP) is 1.63. The first-order valence-corrected chi connectivity index (χ1v) is 9.29. The lowest BCUT2D eigenvalue weighted by atomic mass is 9.84. The lowest BCUT2D eigenvalue weighted by Crippen LogP contribution is -2.52. The minimum absolute atomic E-state index is 0.180. The monoisotopic (exact) mass is 322 g/mol. The van der Waals surface area contributed by atoms with Crippen molar-refractivity contribution in [2.24, 2.45) is 5.92 Å². The first-order chi connectivity index (χ1) is 10.5. The summed E-state index contributed by atoms with van der Waals surface area (Å²) in [5.74, 6) is 0.388. The number of piperazine rings is 1. The van der Waals surface area contributed by atoms with E-state index in [4.69, 9.17) is 0 Å². The van der Waals surface area contributed by atoms with E-state index >= 15 is 0 Å². The number of amides is 1. The highest BCUT2D eigenvalue weighted by Gasteiger charge is 2.34. The van der Waals surface area contributed by atoms with E-state index in [1.807, 2.05) is 24.0 Å². The van der Waals surface area contributed by atoms with E-state index in [1.165, 1.54) is 4.31 Å². The molecule has 1 heterocycles. The summed E-state index contributed by atoms with van der Waals surface area (Å²) in [6, 6.07) is 7.04. The molecule has 1 saturated heterocycles. The summed E-state index contributed by atoms with van der Waals surface area (Å²) >= 11 is 0. The van der Waals surface area contributed by atoms with Crippen molar-refractivity contribution >= 4 is 15.9 Å². The lowest BCUT2D eigenvalue weighted by Gasteiger charge is -2.37. The van der Waals surface area contributed by atoms with Gasteiger partial charge in [-0.25, -0.2) is 8.42 Å². The van der Waals surface area contributed by atoms with Gasteiger partial charge in [-0.15, -0.1) is 0 Å². The van der Waals surface area contributed by atoms with Crippen molar-refractivity contribution in [2.45, 2.75) is 31.1 Å². The molecule has 5 nitrogen and oxygen atoms in total. The molecule has 0 bridgehead atoms. The second kappa shape index (κ2) is 6.01. The van der Waals surface area contributed by atoms with E-state index in [0.717, 1.165) is 24.8 Å². The van der Waals surface area contributed by atoms with Crippen LogP contribution < -0.4 is 0 Å². The fourth-order valence-electron chi connectivity index (χ4n) is 3.05. The third-order valence-electron chi connectivity index (χ3n) is 4.72. The zero-order valence-corrected chi connectivity index (χ0v) is 13.7. The largest absolute Gasteiger partial charge is 0.340 e. The van der Waals surface area contributed by atoms with Crippen LogP contribution in [0.25, 0.3) is 0 Å². The second-order valence-electron chi connectivity index (χ2n) is 6.12. The summed E-state index contributed by atoms with van der Waals surface area (Å²) in [7, 11) is -3.46. The van der Waals surface area contributed by atoms with E-state index in [1.54, 1.807) is 12.1 Å². The smallest absolute Gasteiger partial charge is 0.243 e. The maximum Gasteiger partial charge on any atom is 0.243 e. The molecular formula is C16H22N2O3S. The summed E-state index contributed by atoms with van der Waals surface area (Å²) < 4.78 is 26.9. The fraction of sp³-hybridized carbons (Fsp3) is 0.562. The quantitative estimate of drug-likeness (QED) is 0.850. The normalized spacial score (nSPS) is 20.7. The van der Waals surface area contributed by atoms with Gasteiger partial charge in [-0.05, 0) is 31.4 Å². The van der Waals surface area contributed by atoms with Gasteiger partial charge in [0, 0.05) is 32.1 Å². The standard InChI is InChI=1S/C16H22N2O3S/c1-13-5-2-3-8-15(13)22(20,21)18-11-9-17(10-12-18)16(19)14-6-4-7-14/h2-3,5,8,14H,4,6-7,9-12H2,1H3. The maximum atomic E-state index is 12.7. The van der Waals surface area contributed by atoms with Gasteiger partial charge in [-0.1, -0.05) is 24.6 Å². The molecule has 3 rings (SSSR count). The molecule has 0 radical (unpaired) electrons. The Kier molecular flexibility index (Phi) is 4.23. The number of aryl methyl sites for hydroxylation is 1. The maximum absolute atomic E-state index is 12.7. The van der Waals surface area contributed by atoms with Crippen LogP contribution in [0, 0.1) is 12.8 Å². The van der Waals surface area contributed by atoms with Gasteiger partial charge in [0.15, 0.2) is 0 Å². The van der Waals surface area contributed by atoms with Crippen LogP contribution in [-0.2, 0) is 14.8 Å². The molecule has 0 unspecified atom stereocenters. The highest BCUT2D eigenvalue weighted by Crippen LogP contribution is 2.29. The van der Waals surface area contributed by atoms with Crippen LogP contribution in [-0.4, -0.2) is 49.7 Å². The van der Waals surface area contributed by atoms with E-state index in [2.05, 4.69) is 0 Å².